The van der Waals surface area contributed by atoms with Gasteiger partial charge in [-0.1, -0.05) is 41.9 Å². The van der Waals surface area contributed by atoms with Crippen LogP contribution in [0.3, 0.4) is 0 Å². The first kappa shape index (κ1) is 21.4. The quantitative estimate of drug-likeness (QED) is 0.449. The van der Waals surface area contributed by atoms with E-state index in [2.05, 4.69) is 5.32 Å². The Morgan fingerprint density at radius 2 is 1.81 bits per heavy atom. The van der Waals surface area contributed by atoms with Gasteiger partial charge in [-0.2, -0.15) is 13.2 Å². The number of rotatable bonds is 5. The smallest absolute Gasteiger partial charge is 0.416 e. The Bertz CT molecular complexity index is 1140. The number of alkyl halides is 3. The molecule has 1 amide bonds. The van der Waals surface area contributed by atoms with E-state index in [4.69, 9.17) is 16.3 Å². The van der Waals surface area contributed by atoms with E-state index in [0.29, 0.717) is 21.9 Å². The van der Waals surface area contributed by atoms with E-state index >= 15 is 0 Å². The molecule has 0 saturated heterocycles. The largest absolute Gasteiger partial charge is 0.487 e. The van der Waals surface area contributed by atoms with Crippen molar-refractivity contribution in [1.29, 1.82) is 0 Å². The van der Waals surface area contributed by atoms with Crippen molar-refractivity contribution in [1.82, 2.24) is 5.32 Å². The van der Waals surface area contributed by atoms with Crippen LogP contribution in [0, 0.1) is 5.82 Å². The third-order valence-corrected chi connectivity index (χ3v) is 5.69. The van der Waals surface area contributed by atoms with Crippen LogP contribution < -0.4 is 10.1 Å². The normalized spacial score (nSPS) is 14.4. The van der Waals surface area contributed by atoms with Gasteiger partial charge in [0, 0.05) is 27.4 Å². The first-order valence-electron chi connectivity index (χ1n) is 9.74. The van der Waals surface area contributed by atoms with Gasteiger partial charge in [0.05, 0.1) is 11.1 Å². The van der Waals surface area contributed by atoms with E-state index in [0.717, 1.165) is 31.4 Å². The number of hydrogen-bond donors (Lipinski definition) is 1. The number of hydrogen-bond acceptors (Lipinski definition) is 2. The molecule has 0 aliphatic heterocycles. The Balaban J connectivity index is 1.68. The molecule has 1 aliphatic carbocycles. The second-order valence-corrected chi connectivity index (χ2v) is 7.88. The molecule has 0 unspecified atom stereocenters. The summed E-state index contributed by atoms with van der Waals surface area (Å²) in [5, 5.41) is 4.49. The number of nitrogens with one attached hydrogen (secondary N) is 1. The van der Waals surface area contributed by atoms with Crippen LogP contribution in [0.1, 0.15) is 40.7 Å². The molecule has 0 spiro atoms. The van der Waals surface area contributed by atoms with Crippen molar-refractivity contribution < 1.29 is 27.1 Å². The summed E-state index contributed by atoms with van der Waals surface area (Å²) in [6.07, 6.45) is -1.82. The topological polar surface area (TPSA) is 38.3 Å². The fourth-order valence-corrected chi connectivity index (χ4v) is 3.71. The van der Waals surface area contributed by atoms with Crippen LogP contribution in [0.4, 0.5) is 17.6 Å². The zero-order chi connectivity index (χ0) is 22.2. The molecule has 3 nitrogen and oxygen atoms in total. The van der Waals surface area contributed by atoms with Gasteiger partial charge in [0.25, 0.3) is 5.91 Å². The first-order chi connectivity index (χ1) is 14.7. The average molecular weight is 452 g/mol. The molecule has 8 heteroatoms. The highest BCUT2D eigenvalue weighted by atomic mass is 35.5. The molecule has 0 aromatic heterocycles. The van der Waals surface area contributed by atoms with E-state index in [-0.39, 0.29) is 35.4 Å². The summed E-state index contributed by atoms with van der Waals surface area (Å²) in [6, 6.07) is 10.9. The summed E-state index contributed by atoms with van der Waals surface area (Å²) in [4.78, 5) is 12.8. The molecule has 0 atom stereocenters. The molecule has 0 heterocycles. The number of benzene rings is 3. The van der Waals surface area contributed by atoms with Crippen molar-refractivity contribution in [3.05, 3.63) is 76.1 Å². The van der Waals surface area contributed by atoms with Gasteiger partial charge in [-0.15, -0.1) is 0 Å². The molecule has 1 aliphatic rings. The molecule has 3 aromatic carbocycles. The van der Waals surface area contributed by atoms with Crippen molar-refractivity contribution in [3.63, 3.8) is 0 Å². The van der Waals surface area contributed by atoms with Gasteiger partial charge in [0.15, 0.2) is 0 Å². The second kappa shape index (κ2) is 8.38. The Morgan fingerprint density at radius 1 is 1.10 bits per heavy atom. The lowest BCUT2D eigenvalue weighted by Crippen LogP contribution is -2.39. The summed E-state index contributed by atoms with van der Waals surface area (Å²) >= 11 is 6.36. The maximum absolute atomic E-state index is 14.3. The van der Waals surface area contributed by atoms with Gasteiger partial charge < -0.3 is 10.1 Å². The van der Waals surface area contributed by atoms with Crippen molar-refractivity contribution in [2.24, 2.45) is 0 Å². The number of fused-ring (bicyclic) bond motifs is 1. The zero-order valence-electron chi connectivity index (χ0n) is 16.2. The lowest BCUT2D eigenvalue weighted by Gasteiger charge is -2.27. The summed E-state index contributed by atoms with van der Waals surface area (Å²) in [5.41, 5.74) is -0.938. The van der Waals surface area contributed by atoms with Crippen molar-refractivity contribution in [2.75, 3.05) is 0 Å². The first-order valence-corrected chi connectivity index (χ1v) is 10.1. The molecule has 1 fully saturated rings. The number of amides is 1. The number of ether oxygens (including phenoxy) is 1. The molecule has 1 N–H and O–H groups in total. The van der Waals surface area contributed by atoms with Gasteiger partial charge in [0.1, 0.15) is 18.2 Å². The van der Waals surface area contributed by atoms with E-state index in [1.54, 1.807) is 24.3 Å². The van der Waals surface area contributed by atoms with Gasteiger partial charge in [-0.25, -0.2) is 4.39 Å². The van der Waals surface area contributed by atoms with Crippen LogP contribution in [-0.4, -0.2) is 11.9 Å². The maximum atomic E-state index is 14.3. The molecular weight excluding hydrogens is 434 g/mol. The lowest BCUT2D eigenvalue weighted by atomic mass is 9.92. The highest BCUT2D eigenvalue weighted by Gasteiger charge is 2.31. The SMILES string of the molecule is O=C(NC1CCC1)c1cc(Cl)c2ccccc2c1OCc1ccc(C(F)(F)F)cc1F. The van der Waals surface area contributed by atoms with E-state index in [1.165, 1.54) is 6.07 Å². The molecule has 1 saturated carbocycles. The molecule has 0 radical (unpaired) electrons. The Hall–Kier alpha value is -2.80. The minimum Gasteiger partial charge on any atom is -0.487 e. The minimum absolute atomic E-state index is 0.0580. The van der Waals surface area contributed by atoms with Gasteiger partial charge in [0.2, 0.25) is 0 Å². The Kier molecular flexibility index (Phi) is 5.79. The van der Waals surface area contributed by atoms with Crippen LogP contribution in [0.2, 0.25) is 5.02 Å². The molecule has 162 valence electrons. The Morgan fingerprint density at radius 3 is 2.42 bits per heavy atom. The maximum Gasteiger partial charge on any atom is 0.416 e. The number of halogens is 5. The molecule has 31 heavy (non-hydrogen) atoms. The molecular formula is C23H18ClF4NO2. The minimum atomic E-state index is -4.64. The van der Waals surface area contributed by atoms with E-state index in [9.17, 15) is 22.4 Å². The second-order valence-electron chi connectivity index (χ2n) is 7.47. The molecule has 0 bridgehead atoms. The summed E-state index contributed by atoms with van der Waals surface area (Å²) in [7, 11) is 0. The highest BCUT2D eigenvalue weighted by molar-refractivity contribution is 6.36. The molecule has 4 rings (SSSR count). The summed E-state index contributed by atoms with van der Waals surface area (Å²) in [6.45, 7) is -0.348. The predicted octanol–water partition coefficient (Wildman–Crippen LogP) is 6.51. The monoisotopic (exact) mass is 451 g/mol. The van der Waals surface area contributed by atoms with Gasteiger partial charge in [-0.3, -0.25) is 4.79 Å². The van der Waals surface area contributed by atoms with Gasteiger partial charge >= 0.3 is 6.18 Å². The fourth-order valence-electron chi connectivity index (χ4n) is 3.43. The van der Waals surface area contributed by atoms with Crippen LogP contribution in [0.15, 0.2) is 48.5 Å². The third kappa shape index (κ3) is 4.46. The van der Waals surface area contributed by atoms with Crippen molar-refractivity contribution in [3.8, 4) is 5.75 Å². The van der Waals surface area contributed by atoms with Crippen LogP contribution in [0.25, 0.3) is 10.8 Å². The Labute approximate surface area is 181 Å². The van der Waals surface area contributed by atoms with Crippen LogP contribution in [-0.2, 0) is 12.8 Å². The van der Waals surface area contributed by atoms with E-state index < -0.39 is 17.6 Å². The predicted molar refractivity (Wildman–Crippen MR) is 110 cm³/mol. The van der Waals surface area contributed by atoms with Crippen molar-refractivity contribution in [2.45, 2.75) is 38.1 Å². The third-order valence-electron chi connectivity index (χ3n) is 5.38. The van der Waals surface area contributed by atoms with Crippen LogP contribution in [0.5, 0.6) is 5.75 Å². The highest BCUT2D eigenvalue weighted by Crippen LogP contribution is 2.37. The van der Waals surface area contributed by atoms with Crippen molar-refractivity contribution >= 4 is 28.3 Å². The fraction of sp³-hybridized carbons (Fsp3) is 0.261. The summed E-state index contributed by atoms with van der Waals surface area (Å²) < 4.78 is 58.4. The van der Waals surface area contributed by atoms with Gasteiger partial charge in [-0.05, 0) is 37.5 Å². The zero-order valence-corrected chi connectivity index (χ0v) is 17.0. The number of carbonyl (C=O) groups is 1. The summed E-state index contributed by atoms with van der Waals surface area (Å²) in [5.74, 6) is -1.19. The van der Waals surface area contributed by atoms with Crippen LogP contribution >= 0.6 is 11.6 Å². The van der Waals surface area contributed by atoms with E-state index in [1.807, 2.05) is 0 Å². The molecule has 3 aromatic rings. The number of carbonyl (C=O) groups excluding carboxylic acids is 1. The standard InChI is InChI=1S/C23H18ClF4NO2/c24-19-11-18(22(30)29-15-4-3-5-15)21(17-7-2-1-6-16(17)19)31-12-13-8-9-14(10-20(13)25)23(26,27)28/h1-2,6-11,15H,3-5,12H2,(H,29,30). The average Bonchev–Trinajstić information content (AvgIpc) is 2.70. The lowest BCUT2D eigenvalue weighted by molar-refractivity contribution is -0.137.